The van der Waals surface area contributed by atoms with Gasteiger partial charge in [-0.15, -0.1) is 0 Å². The summed E-state index contributed by atoms with van der Waals surface area (Å²) in [6, 6.07) is 8.72. The first kappa shape index (κ1) is 17.6. The Labute approximate surface area is 143 Å². The summed E-state index contributed by atoms with van der Waals surface area (Å²) in [4.78, 5) is 15.8. The van der Waals surface area contributed by atoms with Gasteiger partial charge in [0.05, 0.1) is 18.3 Å². The molecular formula is C18H24N2O2S. The zero-order chi connectivity index (χ0) is 16.5. The molecule has 0 bridgehead atoms. The van der Waals surface area contributed by atoms with E-state index in [-0.39, 0.29) is 18.0 Å². The maximum Gasteiger partial charge on any atom is 0.220 e. The molecule has 0 aliphatic heterocycles. The van der Waals surface area contributed by atoms with Gasteiger partial charge in [-0.05, 0) is 62.0 Å². The van der Waals surface area contributed by atoms with Gasteiger partial charge in [-0.2, -0.15) is 0 Å². The Kier molecular flexibility index (Phi) is 7.24. The molecule has 1 fully saturated rings. The number of methoxy groups -OCH3 is 1. The average Bonchev–Trinajstić information content (AvgIpc) is 2.53. The maximum absolute atomic E-state index is 11.8. The molecule has 1 aliphatic carbocycles. The Morgan fingerprint density at radius 3 is 2.70 bits per heavy atom. The van der Waals surface area contributed by atoms with Crippen LogP contribution in [-0.4, -0.2) is 30.3 Å². The van der Waals surface area contributed by atoms with Crippen molar-refractivity contribution in [1.29, 1.82) is 0 Å². The van der Waals surface area contributed by atoms with E-state index in [0.717, 1.165) is 44.3 Å². The molecule has 1 amide bonds. The number of nitrogens with zero attached hydrogens (tertiary/aromatic N) is 1. The van der Waals surface area contributed by atoms with Crippen LogP contribution in [0.25, 0.3) is 0 Å². The maximum atomic E-state index is 11.8. The Balaban J connectivity index is 1.51. The van der Waals surface area contributed by atoms with Gasteiger partial charge >= 0.3 is 0 Å². The molecule has 5 heteroatoms. The SMILES string of the molecule is COc1ccc(CCCCCC(=O)NC2CC(N=C=S)C2)cc1. The standard InChI is InChI=1S/C18H24N2O2S/c1-22-17-9-7-14(8-10-17)5-3-2-4-6-18(21)20-16-11-15(12-16)19-13-23/h7-10,15-16H,2-6,11-12H2,1H3,(H,20,21). The zero-order valence-corrected chi connectivity index (χ0v) is 14.4. The summed E-state index contributed by atoms with van der Waals surface area (Å²) < 4.78 is 5.15. The van der Waals surface area contributed by atoms with Crippen molar-refractivity contribution in [2.45, 2.75) is 57.0 Å². The fourth-order valence-corrected chi connectivity index (χ4v) is 2.92. The molecule has 2 rings (SSSR count). The minimum absolute atomic E-state index is 0.157. The van der Waals surface area contributed by atoms with Crippen LogP contribution in [0.2, 0.25) is 0 Å². The van der Waals surface area contributed by atoms with Gasteiger partial charge in [0.15, 0.2) is 0 Å². The predicted molar refractivity (Wildman–Crippen MR) is 95.1 cm³/mol. The van der Waals surface area contributed by atoms with Crippen molar-refractivity contribution in [2.75, 3.05) is 7.11 Å². The molecule has 1 aliphatic rings. The van der Waals surface area contributed by atoms with Gasteiger partial charge in [0.25, 0.3) is 0 Å². The molecule has 0 heterocycles. The number of aliphatic imine (C=N–C) groups is 1. The quantitative estimate of drug-likeness (QED) is 0.427. The number of unbranched alkanes of at least 4 members (excludes halogenated alkanes) is 2. The number of ether oxygens (including phenoxy) is 1. The van der Waals surface area contributed by atoms with Crippen LogP contribution in [0.4, 0.5) is 0 Å². The van der Waals surface area contributed by atoms with Crippen LogP contribution in [0.1, 0.15) is 44.1 Å². The highest BCUT2D eigenvalue weighted by atomic mass is 32.1. The molecule has 1 N–H and O–H groups in total. The lowest BCUT2D eigenvalue weighted by Gasteiger charge is -2.32. The van der Waals surface area contributed by atoms with Crippen molar-refractivity contribution >= 4 is 23.3 Å². The lowest BCUT2D eigenvalue weighted by atomic mass is 9.87. The normalized spacial score (nSPS) is 19.3. The summed E-state index contributed by atoms with van der Waals surface area (Å²) >= 11 is 4.57. The summed E-state index contributed by atoms with van der Waals surface area (Å²) in [5.74, 6) is 1.05. The van der Waals surface area contributed by atoms with Crippen LogP contribution >= 0.6 is 12.2 Å². The summed E-state index contributed by atoms with van der Waals surface area (Å²) in [6.07, 6.45) is 6.57. The van der Waals surface area contributed by atoms with Crippen LogP contribution in [-0.2, 0) is 11.2 Å². The second-order valence-electron chi connectivity index (χ2n) is 6.02. The third kappa shape index (κ3) is 6.12. The van der Waals surface area contributed by atoms with E-state index < -0.39 is 0 Å². The minimum Gasteiger partial charge on any atom is -0.497 e. The second-order valence-corrected chi connectivity index (χ2v) is 6.20. The van der Waals surface area contributed by atoms with Crippen molar-refractivity contribution in [3.05, 3.63) is 29.8 Å². The van der Waals surface area contributed by atoms with E-state index in [1.807, 2.05) is 12.1 Å². The van der Waals surface area contributed by atoms with Gasteiger partial charge in [0.1, 0.15) is 5.75 Å². The predicted octanol–water partition coefficient (Wildman–Crippen LogP) is 3.55. The van der Waals surface area contributed by atoms with Crippen LogP contribution < -0.4 is 10.1 Å². The van der Waals surface area contributed by atoms with Gasteiger partial charge in [0.2, 0.25) is 5.91 Å². The number of aryl methyl sites for hydroxylation is 1. The Bertz CT molecular complexity index is 547. The van der Waals surface area contributed by atoms with Crippen LogP contribution in [0.5, 0.6) is 5.75 Å². The molecule has 0 spiro atoms. The summed E-state index contributed by atoms with van der Waals surface area (Å²) in [5, 5.41) is 5.45. The number of amides is 1. The molecule has 0 saturated heterocycles. The molecule has 0 unspecified atom stereocenters. The van der Waals surface area contributed by atoms with E-state index in [1.165, 1.54) is 5.56 Å². The van der Waals surface area contributed by atoms with E-state index in [4.69, 9.17) is 4.74 Å². The number of hydrogen-bond acceptors (Lipinski definition) is 4. The minimum atomic E-state index is 0.157. The van der Waals surface area contributed by atoms with Gasteiger partial charge in [-0.1, -0.05) is 18.6 Å². The zero-order valence-electron chi connectivity index (χ0n) is 13.6. The highest BCUT2D eigenvalue weighted by Gasteiger charge is 2.29. The highest BCUT2D eigenvalue weighted by molar-refractivity contribution is 7.78. The topological polar surface area (TPSA) is 50.7 Å². The number of nitrogens with one attached hydrogen (secondary N) is 1. The molecule has 0 atom stereocenters. The number of thiocarbonyl (C=S) groups is 1. The first-order valence-electron chi connectivity index (χ1n) is 8.20. The Hall–Kier alpha value is -1.71. The average molecular weight is 332 g/mol. The molecule has 4 nitrogen and oxygen atoms in total. The van der Waals surface area contributed by atoms with Gasteiger partial charge in [-0.3, -0.25) is 4.79 Å². The Morgan fingerprint density at radius 1 is 1.30 bits per heavy atom. The van der Waals surface area contributed by atoms with E-state index in [1.54, 1.807) is 7.11 Å². The number of isothiocyanates is 1. The fourth-order valence-electron chi connectivity index (χ4n) is 2.77. The first-order chi connectivity index (χ1) is 11.2. The van der Waals surface area contributed by atoms with E-state index in [2.05, 4.69) is 39.8 Å². The van der Waals surface area contributed by atoms with Crippen LogP contribution in [0.15, 0.2) is 29.3 Å². The van der Waals surface area contributed by atoms with Crippen LogP contribution in [0.3, 0.4) is 0 Å². The highest BCUT2D eigenvalue weighted by Crippen LogP contribution is 2.23. The number of hydrogen-bond donors (Lipinski definition) is 1. The number of benzene rings is 1. The molecule has 0 aromatic heterocycles. The lowest BCUT2D eigenvalue weighted by molar-refractivity contribution is -0.122. The summed E-state index contributed by atoms with van der Waals surface area (Å²) in [7, 11) is 1.68. The van der Waals surface area contributed by atoms with Gasteiger partial charge in [-0.25, -0.2) is 4.99 Å². The largest absolute Gasteiger partial charge is 0.497 e. The summed E-state index contributed by atoms with van der Waals surface area (Å²) in [6.45, 7) is 0. The molecule has 1 aromatic rings. The molecule has 1 aromatic carbocycles. The molecule has 0 radical (unpaired) electrons. The molecular weight excluding hydrogens is 308 g/mol. The smallest absolute Gasteiger partial charge is 0.220 e. The third-order valence-electron chi connectivity index (χ3n) is 4.24. The number of carbonyl (C=O) groups excluding carboxylic acids is 1. The van der Waals surface area contributed by atoms with E-state index in [0.29, 0.717) is 6.42 Å². The van der Waals surface area contributed by atoms with Crippen molar-refractivity contribution in [1.82, 2.24) is 5.32 Å². The number of carbonyl (C=O) groups is 1. The van der Waals surface area contributed by atoms with Crippen molar-refractivity contribution in [3.63, 3.8) is 0 Å². The van der Waals surface area contributed by atoms with Crippen molar-refractivity contribution in [2.24, 2.45) is 4.99 Å². The molecule has 1 saturated carbocycles. The second kappa shape index (κ2) is 9.43. The van der Waals surface area contributed by atoms with Crippen LogP contribution in [0, 0.1) is 0 Å². The van der Waals surface area contributed by atoms with Gasteiger partial charge < -0.3 is 10.1 Å². The lowest BCUT2D eigenvalue weighted by Crippen LogP contribution is -2.46. The number of rotatable bonds is 9. The summed E-state index contributed by atoms with van der Waals surface area (Å²) in [5.41, 5.74) is 1.31. The van der Waals surface area contributed by atoms with E-state index >= 15 is 0 Å². The molecule has 23 heavy (non-hydrogen) atoms. The first-order valence-corrected chi connectivity index (χ1v) is 8.61. The fraction of sp³-hybridized carbons (Fsp3) is 0.556. The van der Waals surface area contributed by atoms with Gasteiger partial charge in [0, 0.05) is 12.5 Å². The van der Waals surface area contributed by atoms with Crippen molar-refractivity contribution < 1.29 is 9.53 Å². The van der Waals surface area contributed by atoms with Crippen molar-refractivity contribution in [3.8, 4) is 5.75 Å². The third-order valence-corrected chi connectivity index (χ3v) is 4.35. The Morgan fingerprint density at radius 2 is 2.04 bits per heavy atom. The van der Waals surface area contributed by atoms with E-state index in [9.17, 15) is 4.79 Å². The monoisotopic (exact) mass is 332 g/mol. The molecule has 124 valence electrons.